The second-order valence-electron chi connectivity index (χ2n) is 7.41. The zero-order chi connectivity index (χ0) is 15.5. The summed E-state index contributed by atoms with van der Waals surface area (Å²) in [6.07, 6.45) is 3.97. The molecule has 1 aliphatic carbocycles. The number of hydrogen-bond acceptors (Lipinski definition) is 3. The molecule has 1 aromatic rings. The van der Waals surface area contributed by atoms with Crippen molar-refractivity contribution in [2.45, 2.75) is 66.0 Å². The first-order valence-corrected chi connectivity index (χ1v) is 8.35. The fraction of sp³-hybridized carbons (Fsp3) is 0.722. The Balaban J connectivity index is 2.05. The van der Waals surface area contributed by atoms with E-state index in [-0.39, 0.29) is 5.54 Å². The van der Waals surface area contributed by atoms with Gasteiger partial charge in [-0.1, -0.05) is 13.0 Å². The molecule has 0 bridgehead atoms. The first-order valence-electron chi connectivity index (χ1n) is 8.35. The van der Waals surface area contributed by atoms with Gasteiger partial charge in [0.1, 0.15) is 5.82 Å². The number of anilines is 1. The third kappa shape index (κ3) is 5.31. The Kier molecular flexibility index (Phi) is 5.26. The number of aryl methyl sites for hydroxylation is 1. The minimum atomic E-state index is 0.144. The SMILES string of the molecule is CCCN(CC1CC1)c1ccc(CNC(C)(C)C)c(C)n1. The van der Waals surface area contributed by atoms with Crippen LogP contribution in [0.4, 0.5) is 5.82 Å². The molecule has 1 saturated carbocycles. The number of rotatable bonds is 7. The van der Waals surface area contributed by atoms with E-state index in [9.17, 15) is 0 Å². The summed E-state index contributed by atoms with van der Waals surface area (Å²) in [4.78, 5) is 7.32. The van der Waals surface area contributed by atoms with E-state index >= 15 is 0 Å². The van der Waals surface area contributed by atoms with Crippen LogP contribution in [0.2, 0.25) is 0 Å². The van der Waals surface area contributed by atoms with Crippen LogP contribution < -0.4 is 10.2 Å². The van der Waals surface area contributed by atoms with Crippen molar-refractivity contribution in [3.05, 3.63) is 23.4 Å². The molecule has 3 nitrogen and oxygen atoms in total. The normalized spacial score (nSPS) is 15.3. The monoisotopic (exact) mass is 289 g/mol. The highest BCUT2D eigenvalue weighted by atomic mass is 15.2. The summed E-state index contributed by atoms with van der Waals surface area (Å²) >= 11 is 0. The highest BCUT2D eigenvalue weighted by Gasteiger charge is 2.24. The molecule has 0 aliphatic heterocycles. The molecule has 0 saturated heterocycles. The second-order valence-corrected chi connectivity index (χ2v) is 7.41. The van der Waals surface area contributed by atoms with Crippen LogP contribution in [0.3, 0.4) is 0 Å². The van der Waals surface area contributed by atoms with Gasteiger partial charge in [0, 0.05) is 30.9 Å². The third-order valence-corrected chi connectivity index (χ3v) is 3.98. The van der Waals surface area contributed by atoms with Crippen molar-refractivity contribution in [1.82, 2.24) is 10.3 Å². The summed E-state index contributed by atoms with van der Waals surface area (Å²) in [5, 5.41) is 3.54. The Labute approximate surface area is 130 Å². The van der Waals surface area contributed by atoms with Crippen molar-refractivity contribution < 1.29 is 0 Å². The highest BCUT2D eigenvalue weighted by molar-refractivity contribution is 5.42. The Morgan fingerprint density at radius 1 is 1.29 bits per heavy atom. The first kappa shape index (κ1) is 16.3. The van der Waals surface area contributed by atoms with E-state index in [0.29, 0.717) is 0 Å². The van der Waals surface area contributed by atoms with Crippen LogP contribution >= 0.6 is 0 Å². The van der Waals surface area contributed by atoms with Crippen LogP contribution in [0.1, 0.15) is 58.2 Å². The summed E-state index contributed by atoms with van der Waals surface area (Å²) in [5.74, 6) is 2.06. The van der Waals surface area contributed by atoms with Gasteiger partial charge in [-0.2, -0.15) is 0 Å². The molecule has 0 atom stereocenters. The fourth-order valence-electron chi connectivity index (χ4n) is 2.48. The quantitative estimate of drug-likeness (QED) is 0.825. The van der Waals surface area contributed by atoms with Gasteiger partial charge < -0.3 is 10.2 Å². The molecule has 0 spiro atoms. The maximum absolute atomic E-state index is 4.86. The summed E-state index contributed by atoms with van der Waals surface area (Å²) in [7, 11) is 0. The molecule has 118 valence electrons. The molecule has 0 aromatic carbocycles. The lowest BCUT2D eigenvalue weighted by Crippen LogP contribution is -2.35. The van der Waals surface area contributed by atoms with Gasteiger partial charge >= 0.3 is 0 Å². The largest absolute Gasteiger partial charge is 0.356 e. The molecule has 1 N–H and O–H groups in total. The van der Waals surface area contributed by atoms with E-state index in [1.54, 1.807) is 0 Å². The van der Waals surface area contributed by atoms with Crippen molar-refractivity contribution in [2.24, 2.45) is 5.92 Å². The minimum absolute atomic E-state index is 0.144. The fourth-order valence-corrected chi connectivity index (χ4v) is 2.48. The molecule has 1 heterocycles. The Morgan fingerprint density at radius 3 is 2.52 bits per heavy atom. The summed E-state index contributed by atoms with van der Waals surface area (Å²) in [6.45, 7) is 14.1. The van der Waals surface area contributed by atoms with Crippen LogP contribution in [0.15, 0.2) is 12.1 Å². The van der Waals surface area contributed by atoms with Gasteiger partial charge in [0.2, 0.25) is 0 Å². The maximum Gasteiger partial charge on any atom is 0.128 e. The molecular formula is C18H31N3. The Morgan fingerprint density at radius 2 is 2.00 bits per heavy atom. The molecule has 21 heavy (non-hydrogen) atoms. The van der Waals surface area contributed by atoms with E-state index in [1.807, 2.05) is 0 Å². The lowest BCUT2D eigenvalue weighted by Gasteiger charge is -2.25. The number of pyridine rings is 1. The van der Waals surface area contributed by atoms with E-state index in [1.165, 1.54) is 31.4 Å². The van der Waals surface area contributed by atoms with E-state index in [4.69, 9.17) is 4.98 Å². The number of aromatic nitrogens is 1. The predicted molar refractivity (Wildman–Crippen MR) is 90.8 cm³/mol. The van der Waals surface area contributed by atoms with Gasteiger partial charge in [0.15, 0.2) is 0 Å². The van der Waals surface area contributed by atoms with Crippen molar-refractivity contribution in [3.8, 4) is 0 Å². The van der Waals surface area contributed by atoms with Crippen LogP contribution in [-0.4, -0.2) is 23.6 Å². The van der Waals surface area contributed by atoms with E-state index in [0.717, 1.165) is 30.5 Å². The zero-order valence-corrected chi connectivity index (χ0v) is 14.4. The standard InChI is InChI=1S/C18H31N3/c1-6-11-21(13-15-7-8-15)17-10-9-16(14(2)20-17)12-19-18(3,4)5/h9-10,15,19H,6-8,11-13H2,1-5H3. The number of nitrogens with one attached hydrogen (secondary N) is 1. The molecule has 0 radical (unpaired) electrons. The number of nitrogens with zero attached hydrogens (tertiary/aromatic N) is 2. The van der Waals surface area contributed by atoms with Crippen molar-refractivity contribution >= 4 is 5.82 Å². The first-order chi connectivity index (χ1) is 9.89. The van der Waals surface area contributed by atoms with Gasteiger partial charge in [-0.05, 0) is 64.5 Å². The Hall–Kier alpha value is -1.09. The van der Waals surface area contributed by atoms with Crippen LogP contribution in [0.5, 0.6) is 0 Å². The molecule has 1 fully saturated rings. The number of hydrogen-bond donors (Lipinski definition) is 1. The molecule has 1 aliphatic rings. The average Bonchev–Trinajstić information content (AvgIpc) is 3.20. The topological polar surface area (TPSA) is 28.2 Å². The Bertz CT molecular complexity index is 458. The summed E-state index contributed by atoms with van der Waals surface area (Å²) < 4.78 is 0. The summed E-state index contributed by atoms with van der Waals surface area (Å²) in [5.41, 5.74) is 2.60. The van der Waals surface area contributed by atoms with E-state index < -0.39 is 0 Å². The smallest absolute Gasteiger partial charge is 0.128 e. The predicted octanol–water partition coefficient (Wildman–Crippen LogP) is 3.90. The van der Waals surface area contributed by atoms with Crippen molar-refractivity contribution in [2.75, 3.05) is 18.0 Å². The lowest BCUT2D eigenvalue weighted by molar-refractivity contribution is 0.423. The van der Waals surface area contributed by atoms with Gasteiger partial charge in [-0.15, -0.1) is 0 Å². The van der Waals surface area contributed by atoms with Crippen LogP contribution in [0.25, 0.3) is 0 Å². The molecular weight excluding hydrogens is 258 g/mol. The molecule has 0 amide bonds. The summed E-state index contributed by atoms with van der Waals surface area (Å²) in [6, 6.07) is 4.44. The third-order valence-electron chi connectivity index (χ3n) is 3.98. The lowest BCUT2D eigenvalue weighted by atomic mass is 10.1. The molecule has 0 unspecified atom stereocenters. The van der Waals surface area contributed by atoms with Crippen molar-refractivity contribution in [1.29, 1.82) is 0 Å². The average molecular weight is 289 g/mol. The molecule has 1 aromatic heterocycles. The highest BCUT2D eigenvalue weighted by Crippen LogP contribution is 2.31. The van der Waals surface area contributed by atoms with Gasteiger partial charge in [0.25, 0.3) is 0 Å². The minimum Gasteiger partial charge on any atom is -0.356 e. The molecule has 3 heteroatoms. The van der Waals surface area contributed by atoms with E-state index in [2.05, 4.69) is 57.0 Å². The van der Waals surface area contributed by atoms with Crippen molar-refractivity contribution in [3.63, 3.8) is 0 Å². The zero-order valence-electron chi connectivity index (χ0n) is 14.4. The second kappa shape index (κ2) is 6.78. The van der Waals surface area contributed by atoms with Gasteiger partial charge in [-0.25, -0.2) is 4.98 Å². The van der Waals surface area contributed by atoms with Gasteiger partial charge in [0.05, 0.1) is 0 Å². The molecule has 2 rings (SSSR count). The van der Waals surface area contributed by atoms with Gasteiger partial charge in [-0.3, -0.25) is 0 Å². The van der Waals surface area contributed by atoms with Crippen LogP contribution in [0, 0.1) is 12.8 Å². The maximum atomic E-state index is 4.86. The van der Waals surface area contributed by atoms with Crippen LogP contribution in [-0.2, 0) is 6.54 Å².